The molecule has 0 amide bonds. The summed E-state index contributed by atoms with van der Waals surface area (Å²) >= 11 is 0. The lowest BCUT2D eigenvalue weighted by atomic mass is 10.1. The molecule has 2 fully saturated rings. The van der Waals surface area contributed by atoms with Gasteiger partial charge in [-0.3, -0.25) is 0 Å². The standard InChI is InChI=1S/C6H9NO4/c8-4-2-11-5-3(7-9)1-10-6(4)5/h3-6,8H,1-2H2/t3?,4?,5-,6-/m1/s1. The third kappa shape index (κ3) is 0.962. The van der Waals surface area contributed by atoms with Gasteiger partial charge >= 0.3 is 0 Å². The minimum absolute atomic E-state index is 0.251. The van der Waals surface area contributed by atoms with Gasteiger partial charge in [-0.15, -0.1) is 0 Å². The highest BCUT2D eigenvalue weighted by molar-refractivity contribution is 4.97. The van der Waals surface area contributed by atoms with E-state index >= 15 is 0 Å². The Kier molecular flexibility index (Phi) is 1.63. The number of aliphatic hydroxyl groups excluding tert-OH is 1. The molecular formula is C6H9NO4. The molecule has 0 aliphatic carbocycles. The van der Waals surface area contributed by atoms with Crippen LogP contribution in [0.2, 0.25) is 0 Å². The molecule has 2 heterocycles. The molecule has 5 nitrogen and oxygen atoms in total. The van der Waals surface area contributed by atoms with Crippen LogP contribution in [0.3, 0.4) is 0 Å². The molecule has 5 heteroatoms. The third-order valence-electron chi connectivity index (χ3n) is 2.14. The molecule has 2 aliphatic heterocycles. The quantitative estimate of drug-likeness (QED) is 0.512. The number of rotatable bonds is 1. The summed E-state index contributed by atoms with van der Waals surface area (Å²) < 4.78 is 10.2. The maximum Gasteiger partial charge on any atom is 0.144 e. The first-order chi connectivity index (χ1) is 5.33. The van der Waals surface area contributed by atoms with Crippen LogP contribution < -0.4 is 0 Å². The summed E-state index contributed by atoms with van der Waals surface area (Å²) in [6, 6.07) is -0.433. The molecule has 0 aromatic carbocycles. The Labute approximate surface area is 63.3 Å². The van der Waals surface area contributed by atoms with Crippen LogP contribution in [0.15, 0.2) is 5.18 Å². The van der Waals surface area contributed by atoms with Crippen LogP contribution in [0, 0.1) is 4.91 Å². The maximum absolute atomic E-state index is 10.2. The largest absolute Gasteiger partial charge is 0.388 e. The van der Waals surface area contributed by atoms with Crippen LogP contribution in [-0.2, 0) is 9.47 Å². The van der Waals surface area contributed by atoms with Crippen LogP contribution in [-0.4, -0.2) is 42.7 Å². The van der Waals surface area contributed by atoms with E-state index in [4.69, 9.17) is 9.47 Å². The highest BCUT2D eigenvalue weighted by Gasteiger charge is 2.47. The Morgan fingerprint density at radius 3 is 2.73 bits per heavy atom. The second-order valence-corrected chi connectivity index (χ2v) is 2.84. The van der Waals surface area contributed by atoms with Crippen molar-refractivity contribution < 1.29 is 14.6 Å². The van der Waals surface area contributed by atoms with Crippen molar-refractivity contribution in [2.45, 2.75) is 24.4 Å². The zero-order chi connectivity index (χ0) is 7.84. The Hall–Kier alpha value is -0.520. The molecule has 0 saturated carbocycles. The minimum Gasteiger partial charge on any atom is -0.388 e. The van der Waals surface area contributed by atoms with Gasteiger partial charge in [-0.05, 0) is 0 Å². The molecule has 0 spiro atoms. The van der Waals surface area contributed by atoms with Crippen LogP contribution in [0.25, 0.3) is 0 Å². The smallest absolute Gasteiger partial charge is 0.144 e. The van der Waals surface area contributed by atoms with E-state index in [9.17, 15) is 10.0 Å². The van der Waals surface area contributed by atoms with Gasteiger partial charge < -0.3 is 14.6 Å². The predicted octanol–water partition coefficient (Wildman–Crippen LogP) is -0.720. The highest BCUT2D eigenvalue weighted by Crippen LogP contribution is 2.28. The number of ether oxygens (including phenoxy) is 2. The number of fused-ring (bicyclic) bond motifs is 1. The van der Waals surface area contributed by atoms with E-state index in [2.05, 4.69) is 5.18 Å². The van der Waals surface area contributed by atoms with Crippen molar-refractivity contribution >= 4 is 0 Å². The van der Waals surface area contributed by atoms with Crippen molar-refractivity contribution in [2.24, 2.45) is 5.18 Å². The molecule has 11 heavy (non-hydrogen) atoms. The first-order valence-corrected chi connectivity index (χ1v) is 3.56. The Bertz CT molecular complexity index is 174. The average Bonchev–Trinajstić information content (AvgIpc) is 2.53. The average molecular weight is 159 g/mol. The van der Waals surface area contributed by atoms with E-state index in [1.807, 2.05) is 0 Å². The van der Waals surface area contributed by atoms with E-state index in [0.29, 0.717) is 0 Å². The predicted molar refractivity (Wildman–Crippen MR) is 35.1 cm³/mol. The van der Waals surface area contributed by atoms with Crippen molar-refractivity contribution in [3.63, 3.8) is 0 Å². The SMILES string of the molecule is O=NC1CO[C@@H]2C(O)CO[C@H]12. The normalized spacial score (nSPS) is 49.2. The van der Waals surface area contributed by atoms with E-state index in [1.165, 1.54) is 0 Å². The molecule has 62 valence electrons. The van der Waals surface area contributed by atoms with Gasteiger partial charge in [0, 0.05) is 0 Å². The molecule has 0 aromatic rings. The lowest BCUT2D eigenvalue weighted by molar-refractivity contribution is 0.0182. The van der Waals surface area contributed by atoms with Gasteiger partial charge in [0.2, 0.25) is 0 Å². The second-order valence-electron chi connectivity index (χ2n) is 2.84. The lowest BCUT2D eigenvalue weighted by Crippen LogP contribution is -2.30. The zero-order valence-corrected chi connectivity index (χ0v) is 5.84. The van der Waals surface area contributed by atoms with Gasteiger partial charge in [0.05, 0.1) is 13.2 Å². The summed E-state index contributed by atoms with van der Waals surface area (Å²) in [6.07, 6.45) is -1.24. The number of hydrogen-bond donors (Lipinski definition) is 1. The second kappa shape index (κ2) is 2.51. The van der Waals surface area contributed by atoms with Crippen LogP contribution in [0.5, 0.6) is 0 Å². The fourth-order valence-electron chi connectivity index (χ4n) is 1.55. The van der Waals surface area contributed by atoms with Crippen molar-refractivity contribution in [3.8, 4) is 0 Å². The fourth-order valence-corrected chi connectivity index (χ4v) is 1.55. The van der Waals surface area contributed by atoms with Gasteiger partial charge in [0.1, 0.15) is 24.4 Å². The van der Waals surface area contributed by atoms with Gasteiger partial charge in [0.25, 0.3) is 0 Å². The molecular weight excluding hydrogens is 150 g/mol. The Morgan fingerprint density at radius 2 is 2.00 bits per heavy atom. The number of nitrogens with zero attached hydrogens (tertiary/aromatic N) is 1. The summed E-state index contributed by atoms with van der Waals surface area (Å²) in [5, 5.41) is 12.1. The fraction of sp³-hybridized carbons (Fsp3) is 1.00. The molecule has 0 bridgehead atoms. The molecule has 2 rings (SSSR count). The van der Waals surface area contributed by atoms with Gasteiger partial charge in [-0.1, -0.05) is 5.18 Å². The number of aliphatic hydroxyl groups is 1. The Morgan fingerprint density at radius 1 is 1.27 bits per heavy atom. The maximum atomic E-state index is 10.2. The van der Waals surface area contributed by atoms with Crippen LogP contribution in [0.4, 0.5) is 0 Å². The first-order valence-electron chi connectivity index (χ1n) is 3.56. The monoisotopic (exact) mass is 159 g/mol. The van der Waals surface area contributed by atoms with Crippen molar-refractivity contribution in [2.75, 3.05) is 13.2 Å². The van der Waals surface area contributed by atoms with E-state index in [0.717, 1.165) is 0 Å². The Balaban J connectivity index is 2.10. The van der Waals surface area contributed by atoms with Gasteiger partial charge in [-0.2, -0.15) is 4.91 Å². The third-order valence-corrected chi connectivity index (χ3v) is 2.14. The van der Waals surface area contributed by atoms with E-state index in [1.54, 1.807) is 0 Å². The van der Waals surface area contributed by atoms with Gasteiger partial charge in [0.15, 0.2) is 0 Å². The summed E-state index contributed by atoms with van der Waals surface area (Å²) in [7, 11) is 0. The van der Waals surface area contributed by atoms with E-state index < -0.39 is 12.1 Å². The van der Waals surface area contributed by atoms with Crippen LogP contribution >= 0.6 is 0 Å². The summed E-state index contributed by atoms with van der Waals surface area (Å²) in [5.41, 5.74) is 0. The summed E-state index contributed by atoms with van der Waals surface area (Å²) in [5.74, 6) is 0. The number of hydrogen-bond acceptors (Lipinski definition) is 5. The van der Waals surface area contributed by atoms with Crippen LogP contribution in [0.1, 0.15) is 0 Å². The molecule has 2 saturated heterocycles. The molecule has 4 atom stereocenters. The zero-order valence-electron chi connectivity index (χ0n) is 5.84. The molecule has 2 unspecified atom stereocenters. The van der Waals surface area contributed by atoms with E-state index in [-0.39, 0.29) is 25.4 Å². The molecule has 2 aliphatic rings. The lowest BCUT2D eigenvalue weighted by Gasteiger charge is -2.08. The van der Waals surface area contributed by atoms with Crippen molar-refractivity contribution in [1.29, 1.82) is 0 Å². The van der Waals surface area contributed by atoms with Crippen molar-refractivity contribution in [3.05, 3.63) is 4.91 Å². The molecule has 0 aromatic heterocycles. The van der Waals surface area contributed by atoms with Gasteiger partial charge in [-0.25, -0.2) is 0 Å². The van der Waals surface area contributed by atoms with Crippen molar-refractivity contribution in [1.82, 2.24) is 0 Å². The minimum atomic E-state index is -0.591. The molecule has 0 radical (unpaired) electrons. The number of nitroso groups, excluding NO2 is 1. The topological polar surface area (TPSA) is 68.1 Å². The highest BCUT2D eigenvalue weighted by atomic mass is 16.6. The summed E-state index contributed by atoms with van der Waals surface area (Å²) in [6.45, 7) is 0.525. The first kappa shape index (κ1) is 7.15. The summed E-state index contributed by atoms with van der Waals surface area (Å²) in [4.78, 5) is 10.2. The molecule has 1 N–H and O–H groups in total.